The minimum Gasteiger partial charge on any atom is -0.345 e. The number of carbonyl (C=O) groups is 1. The maximum atomic E-state index is 10.8. The van der Waals surface area contributed by atoms with E-state index in [0.29, 0.717) is 18.9 Å². The predicted molar refractivity (Wildman–Crippen MR) is 34.8 cm³/mol. The number of rotatable bonds is 1. The normalized spacial score (nSPS) is 27.6. The Bertz CT molecular complexity index is 124. The molecule has 3 heteroatoms. The second kappa shape index (κ2) is 2.35. The van der Waals surface area contributed by atoms with Crippen molar-refractivity contribution < 1.29 is 4.79 Å². The van der Waals surface area contributed by atoms with Crippen molar-refractivity contribution in [1.29, 1.82) is 0 Å². The highest BCUT2D eigenvalue weighted by Crippen LogP contribution is 2.13. The Balaban J connectivity index is 2.44. The van der Waals surface area contributed by atoms with Gasteiger partial charge in [-0.25, -0.2) is 0 Å². The zero-order valence-electron chi connectivity index (χ0n) is 5.63. The summed E-state index contributed by atoms with van der Waals surface area (Å²) < 4.78 is 0. The zero-order valence-corrected chi connectivity index (χ0v) is 5.63. The topological polar surface area (TPSA) is 46.3 Å². The lowest BCUT2D eigenvalue weighted by molar-refractivity contribution is -0.126. The van der Waals surface area contributed by atoms with Crippen molar-refractivity contribution in [3.8, 4) is 0 Å². The van der Waals surface area contributed by atoms with Crippen molar-refractivity contribution in [1.82, 2.24) is 4.90 Å². The van der Waals surface area contributed by atoms with Gasteiger partial charge in [-0.05, 0) is 12.5 Å². The lowest BCUT2D eigenvalue weighted by Crippen LogP contribution is -2.21. The highest BCUT2D eigenvalue weighted by atomic mass is 16.2. The van der Waals surface area contributed by atoms with E-state index in [1.807, 2.05) is 7.05 Å². The van der Waals surface area contributed by atoms with Crippen molar-refractivity contribution in [2.24, 2.45) is 11.7 Å². The Morgan fingerprint density at radius 2 is 2.56 bits per heavy atom. The van der Waals surface area contributed by atoms with E-state index in [1.54, 1.807) is 4.90 Å². The van der Waals surface area contributed by atoms with Crippen molar-refractivity contribution in [3.63, 3.8) is 0 Å². The van der Waals surface area contributed by atoms with Crippen LogP contribution in [0.2, 0.25) is 0 Å². The highest BCUT2D eigenvalue weighted by Gasteiger charge is 2.24. The molecule has 9 heavy (non-hydrogen) atoms. The summed E-state index contributed by atoms with van der Waals surface area (Å²) in [6.45, 7) is 1.48. The van der Waals surface area contributed by atoms with Crippen molar-refractivity contribution in [2.75, 3.05) is 20.1 Å². The van der Waals surface area contributed by atoms with Gasteiger partial charge >= 0.3 is 0 Å². The first kappa shape index (κ1) is 6.55. The Hall–Kier alpha value is -0.570. The van der Waals surface area contributed by atoms with Gasteiger partial charge in [0.05, 0.1) is 0 Å². The summed E-state index contributed by atoms with van der Waals surface area (Å²) >= 11 is 0. The van der Waals surface area contributed by atoms with E-state index >= 15 is 0 Å². The molecule has 1 heterocycles. The second-order valence-electron chi connectivity index (χ2n) is 2.58. The number of hydrogen-bond donors (Lipinski definition) is 1. The molecule has 0 bridgehead atoms. The van der Waals surface area contributed by atoms with E-state index in [4.69, 9.17) is 5.73 Å². The van der Waals surface area contributed by atoms with Crippen LogP contribution in [0.4, 0.5) is 0 Å². The van der Waals surface area contributed by atoms with Gasteiger partial charge in [-0.3, -0.25) is 4.79 Å². The van der Waals surface area contributed by atoms with Crippen LogP contribution in [0.25, 0.3) is 0 Å². The van der Waals surface area contributed by atoms with Gasteiger partial charge in [0.15, 0.2) is 0 Å². The molecule has 1 aliphatic heterocycles. The molecule has 0 saturated carbocycles. The maximum absolute atomic E-state index is 10.8. The number of amides is 1. The molecule has 52 valence electrons. The Morgan fingerprint density at radius 3 is 2.78 bits per heavy atom. The Labute approximate surface area is 54.8 Å². The number of nitrogens with zero attached hydrogens (tertiary/aromatic N) is 1. The molecule has 2 N–H and O–H groups in total. The number of carbonyl (C=O) groups excluding carboxylic acids is 1. The third-order valence-electron chi connectivity index (χ3n) is 1.75. The average Bonchev–Trinajstić information content (AvgIpc) is 2.13. The largest absolute Gasteiger partial charge is 0.345 e. The van der Waals surface area contributed by atoms with Crippen LogP contribution in [-0.4, -0.2) is 30.9 Å². The van der Waals surface area contributed by atoms with Crippen LogP contribution in [0.3, 0.4) is 0 Å². The van der Waals surface area contributed by atoms with Crippen molar-refractivity contribution in [3.05, 3.63) is 0 Å². The molecule has 1 fully saturated rings. The minimum absolute atomic E-state index is 0.227. The Morgan fingerprint density at radius 1 is 1.89 bits per heavy atom. The molecular weight excluding hydrogens is 116 g/mol. The molecule has 1 aliphatic rings. The Kier molecular flexibility index (Phi) is 1.71. The van der Waals surface area contributed by atoms with Gasteiger partial charge in [-0.2, -0.15) is 0 Å². The third-order valence-corrected chi connectivity index (χ3v) is 1.75. The van der Waals surface area contributed by atoms with Gasteiger partial charge in [-0.15, -0.1) is 0 Å². The fourth-order valence-corrected chi connectivity index (χ4v) is 1.11. The summed E-state index contributed by atoms with van der Waals surface area (Å²) in [4.78, 5) is 12.5. The molecule has 1 rings (SSSR count). The molecule has 1 unspecified atom stereocenters. The van der Waals surface area contributed by atoms with Gasteiger partial charge in [0.25, 0.3) is 0 Å². The van der Waals surface area contributed by atoms with E-state index in [9.17, 15) is 4.79 Å². The summed E-state index contributed by atoms with van der Waals surface area (Å²) in [6, 6.07) is 0. The van der Waals surface area contributed by atoms with Crippen LogP contribution in [-0.2, 0) is 4.79 Å². The van der Waals surface area contributed by atoms with E-state index in [2.05, 4.69) is 0 Å². The summed E-state index contributed by atoms with van der Waals surface area (Å²) in [7, 11) is 1.82. The van der Waals surface area contributed by atoms with Gasteiger partial charge in [0.2, 0.25) is 5.91 Å². The molecular formula is C6H12N2O. The van der Waals surface area contributed by atoms with Crippen molar-refractivity contribution >= 4 is 5.91 Å². The first-order valence-electron chi connectivity index (χ1n) is 3.18. The van der Waals surface area contributed by atoms with Gasteiger partial charge in [-0.1, -0.05) is 0 Å². The van der Waals surface area contributed by atoms with Crippen LogP contribution in [0, 0.1) is 5.92 Å². The SMILES string of the molecule is CN1CC(CN)CC1=O. The predicted octanol–water partition coefficient (Wildman–Crippen LogP) is -0.577. The molecule has 0 radical (unpaired) electrons. The van der Waals surface area contributed by atoms with Crippen LogP contribution in [0.5, 0.6) is 0 Å². The molecule has 1 atom stereocenters. The summed E-state index contributed by atoms with van der Waals surface area (Å²) in [5.74, 6) is 0.632. The second-order valence-corrected chi connectivity index (χ2v) is 2.58. The summed E-state index contributed by atoms with van der Waals surface area (Å²) in [5.41, 5.74) is 5.38. The molecule has 0 aliphatic carbocycles. The molecule has 3 nitrogen and oxygen atoms in total. The minimum atomic E-state index is 0.227. The number of likely N-dealkylation sites (tertiary alicyclic amines) is 1. The smallest absolute Gasteiger partial charge is 0.222 e. The van der Waals surface area contributed by atoms with E-state index in [0.717, 1.165) is 6.54 Å². The zero-order chi connectivity index (χ0) is 6.85. The van der Waals surface area contributed by atoms with Gasteiger partial charge < -0.3 is 10.6 Å². The third kappa shape index (κ3) is 1.21. The van der Waals surface area contributed by atoms with Crippen LogP contribution >= 0.6 is 0 Å². The summed E-state index contributed by atoms with van der Waals surface area (Å²) in [6.07, 6.45) is 0.646. The molecule has 1 saturated heterocycles. The van der Waals surface area contributed by atoms with E-state index in [-0.39, 0.29) is 5.91 Å². The average molecular weight is 128 g/mol. The summed E-state index contributed by atoms with van der Waals surface area (Å²) in [5, 5.41) is 0. The van der Waals surface area contributed by atoms with Crippen molar-refractivity contribution in [2.45, 2.75) is 6.42 Å². The van der Waals surface area contributed by atoms with E-state index in [1.165, 1.54) is 0 Å². The first-order chi connectivity index (χ1) is 4.24. The van der Waals surface area contributed by atoms with Crippen LogP contribution < -0.4 is 5.73 Å². The molecule has 0 aromatic heterocycles. The standard InChI is InChI=1S/C6H12N2O/c1-8-4-5(3-7)2-6(8)9/h5H,2-4,7H2,1H3. The molecule has 0 spiro atoms. The van der Waals surface area contributed by atoms with Crippen LogP contribution in [0.15, 0.2) is 0 Å². The molecule has 0 aromatic rings. The molecule has 0 aromatic carbocycles. The number of hydrogen-bond acceptors (Lipinski definition) is 2. The highest BCUT2D eigenvalue weighted by molar-refractivity contribution is 5.78. The van der Waals surface area contributed by atoms with E-state index < -0.39 is 0 Å². The van der Waals surface area contributed by atoms with Crippen LogP contribution in [0.1, 0.15) is 6.42 Å². The fraction of sp³-hybridized carbons (Fsp3) is 0.833. The quantitative estimate of drug-likeness (QED) is 0.513. The lowest BCUT2D eigenvalue weighted by Gasteiger charge is -2.06. The number of nitrogens with two attached hydrogens (primary N) is 1. The monoisotopic (exact) mass is 128 g/mol. The molecule has 1 amide bonds. The van der Waals surface area contributed by atoms with Gasteiger partial charge in [0, 0.05) is 20.0 Å². The lowest BCUT2D eigenvalue weighted by atomic mass is 10.1. The maximum Gasteiger partial charge on any atom is 0.222 e. The first-order valence-corrected chi connectivity index (χ1v) is 3.18. The fourth-order valence-electron chi connectivity index (χ4n) is 1.11. The van der Waals surface area contributed by atoms with Gasteiger partial charge in [0.1, 0.15) is 0 Å².